The lowest BCUT2D eigenvalue weighted by atomic mass is 9.94. The van der Waals surface area contributed by atoms with E-state index >= 15 is 0 Å². The van der Waals surface area contributed by atoms with Crippen molar-refractivity contribution in [3.8, 4) is 5.75 Å². The number of nitrogens with zero attached hydrogens (tertiary/aromatic N) is 1. The van der Waals surface area contributed by atoms with Crippen LogP contribution in [0.25, 0.3) is 0 Å². The molecule has 0 atom stereocenters. The molecule has 1 aliphatic heterocycles. The van der Waals surface area contributed by atoms with Crippen molar-refractivity contribution in [2.75, 3.05) is 31.2 Å². The van der Waals surface area contributed by atoms with E-state index in [4.69, 9.17) is 4.74 Å². The Labute approximate surface area is 111 Å². The van der Waals surface area contributed by atoms with Crippen molar-refractivity contribution in [2.24, 2.45) is 0 Å². The van der Waals surface area contributed by atoms with Gasteiger partial charge in [-0.3, -0.25) is 4.79 Å². The van der Waals surface area contributed by atoms with E-state index in [-0.39, 0.29) is 5.75 Å². The second-order valence-electron chi connectivity index (χ2n) is 5.19. The van der Waals surface area contributed by atoms with Gasteiger partial charge in [-0.25, -0.2) is 0 Å². The lowest BCUT2D eigenvalue weighted by Gasteiger charge is -2.29. The number of phenols is 1. The van der Waals surface area contributed by atoms with E-state index in [1.54, 1.807) is 6.07 Å². The third-order valence-electron chi connectivity index (χ3n) is 4.03. The first-order valence-electron chi connectivity index (χ1n) is 6.53. The van der Waals surface area contributed by atoms with Gasteiger partial charge in [0.25, 0.3) is 0 Å². The quantitative estimate of drug-likeness (QED) is 0.861. The lowest BCUT2D eigenvalue weighted by Crippen LogP contribution is -2.36. The van der Waals surface area contributed by atoms with Gasteiger partial charge in [-0.05, 0) is 31.0 Å². The fourth-order valence-electron chi connectivity index (χ4n) is 2.65. The summed E-state index contributed by atoms with van der Waals surface area (Å²) in [6.07, 6.45) is 1.20. The van der Waals surface area contributed by atoms with Gasteiger partial charge in [0, 0.05) is 24.3 Å². The second-order valence-corrected chi connectivity index (χ2v) is 5.19. The molecule has 0 spiro atoms. The molecule has 1 aromatic carbocycles. The van der Waals surface area contributed by atoms with Gasteiger partial charge in [-0.15, -0.1) is 0 Å². The third kappa shape index (κ3) is 2.04. The van der Waals surface area contributed by atoms with Crippen molar-refractivity contribution in [3.63, 3.8) is 0 Å². The highest BCUT2D eigenvalue weighted by Crippen LogP contribution is 2.52. The van der Waals surface area contributed by atoms with Gasteiger partial charge in [-0.2, -0.15) is 0 Å². The van der Waals surface area contributed by atoms with Gasteiger partial charge in [-0.1, -0.05) is 0 Å². The maximum Gasteiger partial charge on any atom is 0.314 e. The molecular formula is C14H17NO4. The molecule has 1 saturated heterocycles. The monoisotopic (exact) mass is 263 g/mol. The molecule has 0 radical (unpaired) electrons. The molecule has 1 heterocycles. The predicted molar refractivity (Wildman–Crippen MR) is 69.7 cm³/mol. The fraction of sp³-hybridized carbons (Fsp3) is 0.500. The molecule has 2 fully saturated rings. The molecule has 0 amide bonds. The Balaban J connectivity index is 1.94. The normalized spacial score (nSPS) is 21.2. The number of hydrogen-bond acceptors (Lipinski definition) is 4. The molecule has 19 heavy (non-hydrogen) atoms. The second kappa shape index (κ2) is 4.42. The highest BCUT2D eigenvalue weighted by Gasteiger charge is 2.53. The van der Waals surface area contributed by atoms with E-state index in [0.717, 1.165) is 18.8 Å². The Bertz CT molecular complexity index is 504. The fourth-order valence-corrected chi connectivity index (χ4v) is 2.65. The number of carboxylic acid groups (broad SMARTS) is 1. The average molecular weight is 263 g/mol. The summed E-state index contributed by atoms with van der Waals surface area (Å²) in [5, 5.41) is 19.3. The summed E-state index contributed by atoms with van der Waals surface area (Å²) < 4.78 is 5.31. The highest BCUT2D eigenvalue weighted by molar-refractivity contribution is 5.86. The van der Waals surface area contributed by atoms with Crippen molar-refractivity contribution >= 4 is 11.7 Å². The summed E-state index contributed by atoms with van der Waals surface area (Å²) in [4.78, 5) is 13.5. The number of ether oxygens (including phenoxy) is 1. The lowest BCUT2D eigenvalue weighted by molar-refractivity contribution is -0.140. The number of benzene rings is 1. The number of phenolic OH excluding ortho intramolecular Hbond substituents is 1. The molecular weight excluding hydrogens is 246 g/mol. The van der Waals surface area contributed by atoms with Crippen LogP contribution in [0.4, 0.5) is 5.69 Å². The van der Waals surface area contributed by atoms with Crippen LogP contribution < -0.4 is 4.90 Å². The Morgan fingerprint density at radius 2 is 1.95 bits per heavy atom. The van der Waals surface area contributed by atoms with Crippen LogP contribution in [0.2, 0.25) is 0 Å². The first-order chi connectivity index (χ1) is 9.13. The zero-order valence-electron chi connectivity index (χ0n) is 10.6. The first-order valence-corrected chi connectivity index (χ1v) is 6.53. The Kier molecular flexibility index (Phi) is 2.86. The number of aromatic hydroxyl groups is 1. The van der Waals surface area contributed by atoms with Crippen LogP contribution in [-0.2, 0) is 14.9 Å². The molecule has 5 heteroatoms. The van der Waals surface area contributed by atoms with Crippen LogP contribution in [-0.4, -0.2) is 42.5 Å². The van der Waals surface area contributed by atoms with E-state index in [2.05, 4.69) is 4.90 Å². The topological polar surface area (TPSA) is 70.0 Å². The summed E-state index contributed by atoms with van der Waals surface area (Å²) in [5.41, 5.74) is 0.638. The van der Waals surface area contributed by atoms with E-state index < -0.39 is 11.4 Å². The largest absolute Gasteiger partial charge is 0.508 e. The van der Waals surface area contributed by atoms with Crippen molar-refractivity contribution in [1.29, 1.82) is 0 Å². The predicted octanol–water partition coefficient (Wildman–Crippen LogP) is 1.34. The molecule has 1 aromatic rings. The van der Waals surface area contributed by atoms with Crippen LogP contribution in [0, 0.1) is 0 Å². The van der Waals surface area contributed by atoms with Gasteiger partial charge in [0.1, 0.15) is 5.75 Å². The number of hydrogen-bond donors (Lipinski definition) is 2. The highest BCUT2D eigenvalue weighted by atomic mass is 16.5. The van der Waals surface area contributed by atoms with Crippen LogP contribution in [0.5, 0.6) is 5.75 Å². The number of carbonyl (C=O) groups is 1. The maximum atomic E-state index is 11.4. The summed E-state index contributed by atoms with van der Waals surface area (Å²) in [5.74, 6) is -0.765. The Hall–Kier alpha value is -1.75. The number of aliphatic carboxylic acids is 1. The smallest absolute Gasteiger partial charge is 0.314 e. The average Bonchev–Trinajstić information content (AvgIpc) is 3.22. The third-order valence-corrected chi connectivity index (χ3v) is 4.03. The SMILES string of the molecule is O=C(O)C1(c2cc(N3CCOCC3)ccc2O)CC1. The molecule has 0 aromatic heterocycles. The standard InChI is InChI=1S/C14H17NO4/c16-12-2-1-10(15-5-7-19-8-6-15)9-11(12)14(3-4-14)13(17)18/h1-2,9,16H,3-8H2,(H,17,18). The molecule has 1 aliphatic carbocycles. The van der Waals surface area contributed by atoms with Crippen LogP contribution in [0.3, 0.4) is 0 Å². The summed E-state index contributed by atoms with van der Waals surface area (Å²) in [6, 6.07) is 5.26. The van der Waals surface area contributed by atoms with Gasteiger partial charge >= 0.3 is 5.97 Å². The molecule has 0 unspecified atom stereocenters. The molecule has 5 nitrogen and oxygen atoms in total. The first kappa shape index (κ1) is 12.3. The van der Waals surface area contributed by atoms with E-state index in [9.17, 15) is 15.0 Å². The van der Waals surface area contributed by atoms with Gasteiger partial charge in [0.05, 0.1) is 18.6 Å². The maximum absolute atomic E-state index is 11.4. The van der Waals surface area contributed by atoms with E-state index in [0.29, 0.717) is 31.6 Å². The number of anilines is 1. The van der Waals surface area contributed by atoms with Gasteiger partial charge in [0.15, 0.2) is 0 Å². The number of carboxylic acids is 1. The zero-order valence-corrected chi connectivity index (χ0v) is 10.6. The van der Waals surface area contributed by atoms with E-state index in [1.165, 1.54) is 0 Å². The molecule has 0 bridgehead atoms. The van der Waals surface area contributed by atoms with E-state index in [1.807, 2.05) is 12.1 Å². The number of rotatable bonds is 3. The van der Waals surface area contributed by atoms with Gasteiger partial charge in [0.2, 0.25) is 0 Å². The minimum absolute atomic E-state index is 0.0805. The van der Waals surface area contributed by atoms with Crippen molar-refractivity contribution in [2.45, 2.75) is 18.3 Å². The molecule has 1 saturated carbocycles. The van der Waals surface area contributed by atoms with Crippen molar-refractivity contribution < 1.29 is 19.7 Å². The zero-order chi connectivity index (χ0) is 13.5. The van der Waals surface area contributed by atoms with Crippen LogP contribution in [0.1, 0.15) is 18.4 Å². The number of morpholine rings is 1. The molecule has 2 N–H and O–H groups in total. The molecule has 2 aliphatic rings. The minimum atomic E-state index is -0.869. The molecule has 102 valence electrons. The van der Waals surface area contributed by atoms with Crippen molar-refractivity contribution in [3.05, 3.63) is 23.8 Å². The summed E-state index contributed by atoms with van der Waals surface area (Å²) in [6.45, 7) is 2.95. The Morgan fingerprint density at radius 1 is 1.26 bits per heavy atom. The molecule has 3 rings (SSSR count). The van der Waals surface area contributed by atoms with Crippen LogP contribution >= 0.6 is 0 Å². The van der Waals surface area contributed by atoms with Crippen molar-refractivity contribution in [1.82, 2.24) is 0 Å². The van der Waals surface area contributed by atoms with Gasteiger partial charge < -0.3 is 19.8 Å². The Morgan fingerprint density at radius 3 is 2.53 bits per heavy atom. The van der Waals surface area contributed by atoms with Crippen LogP contribution in [0.15, 0.2) is 18.2 Å². The minimum Gasteiger partial charge on any atom is -0.508 e. The summed E-state index contributed by atoms with van der Waals surface area (Å²) in [7, 11) is 0. The summed E-state index contributed by atoms with van der Waals surface area (Å²) >= 11 is 0.